The smallest absolute Gasteiger partial charge is 0.255 e. The second-order valence-corrected chi connectivity index (χ2v) is 4.32. The Morgan fingerprint density at radius 3 is 2.79 bits per heavy atom. The van der Waals surface area contributed by atoms with Crippen LogP contribution in [0.3, 0.4) is 0 Å². The summed E-state index contributed by atoms with van der Waals surface area (Å²) in [5.41, 5.74) is 0.333. The van der Waals surface area contributed by atoms with Gasteiger partial charge in [0, 0.05) is 10.5 Å². The summed E-state index contributed by atoms with van der Waals surface area (Å²) in [5, 5.41) is 12.3. The minimum absolute atomic E-state index is 0.0116. The van der Waals surface area contributed by atoms with Gasteiger partial charge in [0.2, 0.25) is 0 Å². The molecule has 0 bridgehead atoms. The molecule has 1 fully saturated rings. The Kier molecular flexibility index (Phi) is 2.46. The molecule has 0 aliphatic heterocycles. The molecule has 4 heteroatoms. The first-order valence-electron chi connectivity index (χ1n) is 4.46. The number of rotatable bonds is 2. The van der Waals surface area contributed by atoms with Gasteiger partial charge in [0.1, 0.15) is 5.75 Å². The van der Waals surface area contributed by atoms with E-state index in [0.29, 0.717) is 11.6 Å². The molecule has 1 aromatic carbocycles. The molecular weight excluding hydrogens is 246 g/mol. The average molecular weight is 256 g/mol. The van der Waals surface area contributed by atoms with Gasteiger partial charge >= 0.3 is 0 Å². The molecule has 3 nitrogen and oxygen atoms in total. The molecular formula is C10H10BrNO2. The van der Waals surface area contributed by atoms with Crippen LogP contribution in [0.2, 0.25) is 0 Å². The Morgan fingerprint density at radius 1 is 1.50 bits per heavy atom. The standard InChI is InChI=1S/C10H10BrNO2/c11-6-1-4-8(9(13)5-6)10(14)12-7-2-3-7/h1,4-5,7,13H,2-3H2,(H,12,14). The van der Waals surface area contributed by atoms with Gasteiger partial charge in [-0.25, -0.2) is 0 Å². The molecule has 0 saturated heterocycles. The highest BCUT2D eigenvalue weighted by molar-refractivity contribution is 9.10. The van der Waals surface area contributed by atoms with Crippen molar-refractivity contribution in [1.82, 2.24) is 5.32 Å². The Balaban J connectivity index is 2.17. The first-order valence-corrected chi connectivity index (χ1v) is 5.25. The van der Waals surface area contributed by atoms with Crippen LogP contribution in [0.25, 0.3) is 0 Å². The number of hydrogen-bond donors (Lipinski definition) is 2. The lowest BCUT2D eigenvalue weighted by Gasteiger charge is -2.05. The zero-order valence-corrected chi connectivity index (χ0v) is 9.04. The zero-order valence-electron chi connectivity index (χ0n) is 7.46. The topological polar surface area (TPSA) is 49.3 Å². The molecule has 1 aromatic rings. The van der Waals surface area contributed by atoms with E-state index >= 15 is 0 Å². The predicted molar refractivity (Wildman–Crippen MR) is 56.3 cm³/mol. The number of phenolic OH excluding ortho intramolecular Hbond substituents is 1. The molecule has 0 radical (unpaired) electrons. The summed E-state index contributed by atoms with van der Waals surface area (Å²) in [6, 6.07) is 5.17. The number of carbonyl (C=O) groups is 1. The van der Waals surface area contributed by atoms with Gasteiger partial charge in [0.05, 0.1) is 5.56 Å². The molecule has 0 heterocycles. The predicted octanol–water partition coefficient (Wildman–Crippen LogP) is 2.05. The number of carbonyl (C=O) groups excluding carboxylic acids is 1. The molecule has 2 N–H and O–H groups in total. The monoisotopic (exact) mass is 255 g/mol. The van der Waals surface area contributed by atoms with Gasteiger partial charge in [0.15, 0.2) is 0 Å². The van der Waals surface area contributed by atoms with Crippen LogP contribution in [0, 0.1) is 0 Å². The van der Waals surface area contributed by atoms with Crippen molar-refractivity contribution in [2.75, 3.05) is 0 Å². The molecule has 1 aliphatic carbocycles. The number of halogens is 1. The molecule has 2 rings (SSSR count). The SMILES string of the molecule is O=C(NC1CC1)c1ccc(Br)cc1O. The number of hydrogen-bond acceptors (Lipinski definition) is 2. The number of benzene rings is 1. The first kappa shape index (κ1) is 9.52. The summed E-state index contributed by atoms with van der Waals surface area (Å²) in [6.45, 7) is 0. The highest BCUT2D eigenvalue weighted by atomic mass is 79.9. The van der Waals surface area contributed by atoms with Crippen LogP contribution < -0.4 is 5.32 Å². The van der Waals surface area contributed by atoms with E-state index in [1.165, 1.54) is 6.07 Å². The van der Waals surface area contributed by atoms with Gasteiger partial charge in [-0.15, -0.1) is 0 Å². The van der Waals surface area contributed by atoms with Crippen molar-refractivity contribution in [3.8, 4) is 5.75 Å². The maximum Gasteiger partial charge on any atom is 0.255 e. The molecule has 1 saturated carbocycles. The molecule has 74 valence electrons. The molecule has 1 amide bonds. The van der Waals surface area contributed by atoms with E-state index in [2.05, 4.69) is 21.2 Å². The zero-order chi connectivity index (χ0) is 10.1. The Bertz CT molecular complexity index is 374. The Labute approximate surface area is 90.3 Å². The molecule has 0 atom stereocenters. The maximum absolute atomic E-state index is 11.5. The van der Waals surface area contributed by atoms with Crippen molar-refractivity contribution < 1.29 is 9.90 Å². The normalized spacial score (nSPS) is 15.2. The summed E-state index contributed by atoms with van der Waals surface area (Å²) < 4.78 is 0.762. The fraction of sp³-hybridized carbons (Fsp3) is 0.300. The van der Waals surface area contributed by atoms with Crippen molar-refractivity contribution in [2.45, 2.75) is 18.9 Å². The van der Waals surface area contributed by atoms with Crippen molar-refractivity contribution in [1.29, 1.82) is 0 Å². The van der Waals surface area contributed by atoms with Crippen LogP contribution in [-0.4, -0.2) is 17.1 Å². The van der Waals surface area contributed by atoms with E-state index in [1.807, 2.05) is 0 Å². The summed E-state index contributed by atoms with van der Waals surface area (Å²) in [5.74, 6) is -0.185. The van der Waals surface area contributed by atoms with Crippen molar-refractivity contribution in [3.63, 3.8) is 0 Å². The van der Waals surface area contributed by atoms with E-state index in [1.54, 1.807) is 12.1 Å². The molecule has 1 aliphatic rings. The molecule has 0 spiro atoms. The van der Waals surface area contributed by atoms with Gasteiger partial charge in [-0.2, -0.15) is 0 Å². The first-order chi connectivity index (χ1) is 6.66. The quantitative estimate of drug-likeness (QED) is 0.850. The minimum atomic E-state index is -0.197. The molecule has 0 aromatic heterocycles. The molecule has 0 unspecified atom stereocenters. The second-order valence-electron chi connectivity index (χ2n) is 3.41. The van der Waals surface area contributed by atoms with Crippen LogP contribution >= 0.6 is 15.9 Å². The number of phenols is 1. The average Bonchev–Trinajstić information content (AvgIpc) is 2.87. The van der Waals surface area contributed by atoms with Crippen LogP contribution in [0.1, 0.15) is 23.2 Å². The van der Waals surface area contributed by atoms with Crippen molar-refractivity contribution in [2.24, 2.45) is 0 Å². The number of aromatic hydroxyl groups is 1. The van der Waals surface area contributed by atoms with E-state index in [4.69, 9.17) is 0 Å². The number of nitrogens with one attached hydrogen (secondary N) is 1. The van der Waals surface area contributed by atoms with E-state index in [0.717, 1.165) is 17.3 Å². The molecule has 14 heavy (non-hydrogen) atoms. The fourth-order valence-electron chi connectivity index (χ4n) is 1.19. The Morgan fingerprint density at radius 2 is 2.21 bits per heavy atom. The van der Waals surface area contributed by atoms with Gasteiger partial charge in [-0.3, -0.25) is 4.79 Å². The van der Waals surface area contributed by atoms with Gasteiger partial charge in [0.25, 0.3) is 5.91 Å². The lowest BCUT2D eigenvalue weighted by molar-refractivity contribution is 0.0948. The third kappa shape index (κ3) is 2.07. The largest absolute Gasteiger partial charge is 0.507 e. The fourth-order valence-corrected chi connectivity index (χ4v) is 1.54. The summed E-state index contributed by atoms with van der Waals surface area (Å²) >= 11 is 3.22. The van der Waals surface area contributed by atoms with Crippen LogP contribution in [0.4, 0.5) is 0 Å². The number of amides is 1. The lowest BCUT2D eigenvalue weighted by Crippen LogP contribution is -2.25. The van der Waals surface area contributed by atoms with Crippen LogP contribution in [-0.2, 0) is 0 Å². The Hall–Kier alpha value is -1.03. The van der Waals surface area contributed by atoms with E-state index in [9.17, 15) is 9.90 Å². The summed E-state index contributed by atoms with van der Waals surface area (Å²) in [4.78, 5) is 11.5. The summed E-state index contributed by atoms with van der Waals surface area (Å²) in [6.07, 6.45) is 2.09. The summed E-state index contributed by atoms with van der Waals surface area (Å²) in [7, 11) is 0. The maximum atomic E-state index is 11.5. The van der Waals surface area contributed by atoms with Gasteiger partial charge in [-0.1, -0.05) is 15.9 Å². The van der Waals surface area contributed by atoms with E-state index < -0.39 is 0 Å². The van der Waals surface area contributed by atoms with Gasteiger partial charge < -0.3 is 10.4 Å². The minimum Gasteiger partial charge on any atom is -0.507 e. The third-order valence-electron chi connectivity index (χ3n) is 2.12. The van der Waals surface area contributed by atoms with Crippen LogP contribution in [0.5, 0.6) is 5.75 Å². The lowest BCUT2D eigenvalue weighted by atomic mass is 10.2. The third-order valence-corrected chi connectivity index (χ3v) is 2.61. The van der Waals surface area contributed by atoms with Crippen molar-refractivity contribution >= 4 is 21.8 Å². The van der Waals surface area contributed by atoms with Gasteiger partial charge in [-0.05, 0) is 31.0 Å². The van der Waals surface area contributed by atoms with E-state index in [-0.39, 0.29) is 11.7 Å². The highest BCUT2D eigenvalue weighted by Crippen LogP contribution is 2.24. The highest BCUT2D eigenvalue weighted by Gasteiger charge is 2.24. The van der Waals surface area contributed by atoms with Crippen molar-refractivity contribution in [3.05, 3.63) is 28.2 Å². The second kappa shape index (κ2) is 3.61. The van der Waals surface area contributed by atoms with Crippen LogP contribution in [0.15, 0.2) is 22.7 Å².